The van der Waals surface area contributed by atoms with Gasteiger partial charge in [0, 0.05) is 45.3 Å². The number of amides is 3. The standard InChI is InChI=1S/C28H29F3N2O4S.C23H21F3N2O2S.ClH/c1-17(32-26(35)37-27(2,3)4)25(34)33-13-12-19-14-20(10-11-23(19)33)36-16-21-15-22(18-8-6-5-7-9-18)24(38-21)28(29,30)31;1-14(27)22(29)28-10-9-16-11-17(7-8-20(16)28)30-13-18-12-19(15-5-3-2-4-6-15)21(31-18)23(24,25)26;/h5-11,14-15,17H,12-13,16H2,1-4H3,(H,32,35);2-8,11-12,14H,9-10,13,27H2,1H3;1H/t17-;14-;/m00./s1. The molecular weight excluding hydrogens is 978 g/mol. The number of nitrogens with one attached hydrogen (secondary N) is 1. The van der Waals surface area contributed by atoms with Crippen molar-refractivity contribution in [1.29, 1.82) is 0 Å². The number of halogens is 7. The van der Waals surface area contributed by atoms with Crippen molar-refractivity contribution >= 4 is 64.4 Å². The van der Waals surface area contributed by atoms with Gasteiger partial charge in [0.15, 0.2) is 0 Å². The molecule has 0 saturated carbocycles. The Morgan fingerprint density at radius 3 is 1.44 bits per heavy atom. The Labute approximate surface area is 415 Å². The van der Waals surface area contributed by atoms with E-state index in [0.717, 1.165) is 16.8 Å². The normalized spacial score (nSPS) is 14.1. The van der Waals surface area contributed by atoms with Gasteiger partial charge in [-0.15, -0.1) is 35.1 Å². The van der Waals surface area contributed by atoms with Gasteiger partial charge in [0.2, 0.25) is 11.8 Å². The van der Waals surface area contributed by atoms with E-state index in [4.69, 9.17) is 19.9 Å². The Balaban J connectivity index is 0.000000231. The predicted molar refractivity (Wildman–Crippen MR) is 263 cm³/mol. The fourth-order valence-electron chi connectivity index (χ4n) is 7.84. The van der Waals surface area contributed by atoms with E-state index in [1.165, 1.54) is 6.07 Å². The number of hydrogen-bond acceptors (Lipinski definition) is 9. The van der Waals surface area contributed by atoms with Gasteiger partial charge in [0.25, 0.3) is 0 Å². The van der Waals surface area contributed by atoms with Crippen LogP contribution in [0.3, 0.4) is 0 Å². The highest BCUT2D eigenvalue weighted by molar-refractivity contribution is 7.13. The van der Waals surface area contributed by atoms with Crippen LogP contribution in [0.4, 0.5) is 42.5 Å². The molecular formula is C51H51ClF6N4O6S2. The van der Waals surface area contributed by atoms with Crippen LogP contribution in [0, 0.1) is 0 Å². The van der Waals surface area contributed by atoms with E-state index in [1.807, 2.05) is 6.07 Å². The summed E-state index contributed by atoms with van der Waals surface area (Å²) in [6.07, 6.45) is -8.29. The fraction of sp³-hybridized carbons (Fsp3) is 0.314. The third kappa shape index (κ3) is 13.0. The quantitative estimate of drug-likeness (QED) is 0.124. The van der Waals surface area contributed by atoms with Crippen LogP contribution < -0.4 is 30.3 Å². The highest BCUT2D eigenvalue weighted by atomic mass is 35.5. The molecule has 372 valence electrons. The highest BCUT2D eigenvalue weighted by Crippen LogP contribution is 2.45. The van der Waals surface area contributed by atoms with E-state index in [9.17, 15) is 40.7 Å². The molecule has 2 aliphatic rings. The Morgan fingerprint density at radius 2 is 1.06 bits per heavy atom. The SMILES string of the molecule is C[C@H](N)C(=O)N1CCc2cc(OCc3cc(-c4ccccc4)c(C(F)(F)F)s3)ccc21.C[C@H](NC(=O)OC(C)(C)C)C(=O)N1CCc2cc(OCc3cc(-c4ccccc4)c(C(F)(F)F)s3)ccc21.Cl. The maximum absolute atomic E-state index is 13.7. The molecule has 4 heterocycles. The third-order valence-corrected chi connectivity index (χ3v) is 13.2. The number of benzene rings is 4. The number of alkyl halides is 6. The molecule has 19 heteroatoms. The van der Waals surface area contributed by atoms with Crippen LogP contribution >= 0.6 is 35.1 Å². The van der Waals surface area contributed by atoms with Crippen molar-refractivity contribution in [3.05, 3.63) is 140 Å². The number of hydrogen-bond donors (Lipinski definition) is 2. The topological polar surface area (TPSA) is 123 Å². The van der Waals surface area contributed by atoms with Crippen LogP contribution in [0.15, 0.2) is 109 Å². The predicted octanol–water partition coefficient (Wildman–Crippen LogP) is 12.5. The molecule has 4 aromatic carbocycles. The van der Waals surface area contributed by atoms with Gasteiger partial charge in [-0.25, -0.2) is 4.79 Å². The van der Waals surface area contributed by atoms with Crippen molar-refractivity contribution < 1.29 is 54.9 Å². The van der Waals surface area contributed by atoms with Crippen LogP contribution in [-0.4, -0.2) is 48.7 Å². The van der Waals surface area contributed by atoms with Crippen LogP contribution in [-0.2, 0) is 52.7 Å². The van der Waals surface area contributed by atoms with Gasteiger partial charge in [0.05, 0.1) is 6.04 Å². The number of ether oxygens (including phenoxy) is 3. The lowest BCUT2D eigenvalue weighted by atomic mass is 10.1. The van der Waals surface area contributed by atoms with Crippen LogP contribution in [0.1, 0.15) is 65.3 Å². The molecule has 0 aliphatic carbocycles. The zero-order valence-electron chi connectivity index (χ0n) is 38.7. The molecule has 70 heavy (non-hydrogen) atoms. The van der Waals surface area contributed by atoms with E-state index in [1.54, 1.807) is 141 Å². The van der Waals surface area contributed by atoms with E-state index in [0.29, 0.717) is 86.7 Å². The van der Waals surface area contributed by atoms with Gasteiger partial charge in [-0.05, 0) is 118 Å². The minimum atomic E-state index is -4.47. The molecule has 0 bridgehead atoms. The number of alkyl carbamates (subject to hydrolysis) is 1. The summed E-state index contributed by atoms with van der Waals surface area (Å²) in [5, 5.41) is 2.57. The third-order valence-electron chi connectivity index (χ3n) is 10.9. The number of anilines is 2. The lowest BCUT2D eigenvalue weighted by Crippen LogP contribution is -2.47. The Morgan fingerprint density at radius 1 is 0.643 bits per heavy atom. The van der Waals surface area contributed by atoms with Gasteiger partial charge in [0.1, 0.15) is 46.1 Å². The second kappa shape index (κ2) is 21.9. The van der Waals surface area contributed by atoms with E-state index < -0.39 is 45.9 Å². The number of rotatable bonds is 11. The van der Waals surface area contributed by atoms with Gasteiger partial charge >= 0.3 is 18.4 Å². The molecule has 3 N–H and O–H groups in total. The Kier molecular flexibility index (Phi) is 16.7. The van der Waals surface area contributed by atoms with E-state index >= 15 is 0 Å². The van der Waals surface area contributed by atoms with Crippen LogP contribution in [0.2, 0.25) is 0 Å². The molecule has 2 atom stereocenters. The Bertz CT molecular complexity index is 2790. The van der Waals surface area contributed by atoms with Crippen molar-refractivity contribution in [2.24, 2.45) is 5.73 Å². The molecule has 2 aromatic heterocycles. The molecule has 6 aromatic rings. The van der Waals surface area contributed by atoms with E-state index in [2.05, 4.69) is 5.32 Å². The maximum atomic E-state index is 13.7. The number of thiophene rings is 2. The molecule has 10 nitrogen and oxygen atoms in total. The molecule has 0 fully saturated rings. The molecule has 3 amide bonds. The van der Waals surface area contributed by atoms with Crippen molar-refractivity contribution in [2.75, 3.05) is 22.9 Å². The summed E-state index contributed by atoms with van der Waals surface area (Å²) in [5.41, 5.74) is 9.70. The molecule has 0 unspecified atom stereocenters. The molecule has 0 radical (unpaired) electrons. The largest absolute Gasteiger partial charge is 0.488 e. The average Bonchev–Trinajstić information content (AvgIpc) is 4.12. The zero-order chi connectivity index (χ0) is 49.8. The summed E-state index contributed by atoms with van der Waals surface area (Å²) >= 11 is 1.37. The molecule has 0 spiro atoms. The lowest BCUT2D eigenvalue weighted by molar-refractivity contribution is -0.134. The van der Waals surface area contributed by atoms with Crippen molar-refractivity contribution in [1.82, 2.24) is 5.32 Å². The number of carbonyl (C=O) groups is 3. The van der Waals surface area contributed by atoms with Crippen molar-refractivity contribution in [2.45, 2.75) is 90.7 Å². The summed E-state index contributed by atoms with van der Waals surface area (Å²) in [6, 6.07) is 29.3. The minimum absolute atomic E-state index is 0. The Hall–Kier alpha value is -6.08. The number of nitrogens with zero attached hydrogens (tertiary/aromatic N) is 2. The molecule has 0 saturated heterocycles. The second-order valence-corrected chi connectivity index (χ2v) is 19.7. The molecule has 8 rings (SSSR count). The smallest absolute Gasteiger partial charge is 0.426 e. The van der Waals surface area contributed by atoms with Gasteiger partial charge in [-0.2, -0.15) is 26.3 Å². The second-order valence-electron chi connectivity index (χ2n) is 17.4. The highest BCUT2D eigenvalue weighted by Gasteiger charge is 2.38. The number of fused-ring (bicyclic) bond motifs is 2. The monoisotopic (exact) mass is 1030 g/mol. The summed E-state index contributed by atoms with van der Waals surface area (Å²) < 4.78 is 98.5. The van der Waals surface area contributed by atoms with Gasteiger partial charge in [-0.3, -0.25) is 9.59 Å². The first-order valence-electron chi connectivity index (χ1n) is 22.0. The lowest BCUT2D eigenvalue weighted by Gasteiger charge is -2.24. The summed E-state index contributed by atoms with van der Waals surface area (Å²) in [6.45, 7) is 9.49. The fourth-order valence-corrected chi connectivity index (χ4v) is 9.76. The maximum Gasteiger partial charge on any atom is 0.426 e. The molecule has 2 aliphatic heterocycles. The van der Waals surface area contributed by atoms with E-state index in [-0.39, 0.29) is 48.6 Å². The minimum Gasteiger partial charge on any atom is -0.488 e. The van der Waals surface area contributed by atoms with Crippen molar-refractivity contribution in [3.63, 3.8) is 0 Å². The zero-order valence-corrected chi connectivity index (χ0v) is 41.2. The van der Waals surface area contributed by atoms with Gasteiger partial charge in [-0.1, -0.05) is 60.7 Å². The van der Waals surface area contributed by atoms with Crippen LogP contribution in [0.5, 0.6) is 11.5 Å². The number of carbonyl (C=O) groups excluding carboxylic acids is 3. The summed E-state index contributed by atoms with van der Waals surface area (Å²) in [5.74, 6) is 0.646. The first-order valence-corrected chi connectivity index (χ1v) is 23.6. The summed E-state index contributed by atoms with van der Waals surface area (Å²) in [7, 11) is 0. The van der Waals surface area contributed by atoms with Crippen LogP contribution in [0.25, 0.3) is 22.3 Å². The average molecular weight is 1030 g/mol. The van der Waals surface area contributed by atoms with Gasteiger partial charge < -0.3 is 35.1 Å². The summed E-state index contributed by atoms with van der Waals surface area (Å²) in [4.78, 5) is 40.1. The number of nitrogens with two attached hydrogens (primary N) is 1. The van der Waals surface area contributed by atoms with Crippen molar-refractivity contribution in [3.8, 4) is 33.8 Å². The first-order chi connectivity index (χ1) is 32.6. The first kappa shape index (κ1) is 53.3.